The molecule has 0 bridgehead atoms. The molecule has 0 unspecified atom stereocenters. The first-order chi connectivity index (χ1) is 8.48. The second-order valence-corrected chi connectivity index (χ2v) is 5.04. The number of carbonyl (C=O) groups excluding carboxylic acids is 1. The lowest BCUT2D eigenvalue weighted by atomic mass is 9.93. The maximum Gasteiger partial charge on any atom is 0.251 e. The topological polar surface area (TPSA) is 49.3 Å². The summed E-state index contributed by atoms with van der Waals surface area (Å²) in [5, 5.41) is 13.0. The SMILES string of the molecule is CCC(CC)(CO)NC(=O)c1ccc(Cl)c(Cl)c1. The molecule has 0 saturated heterocycles. The number of halogens is 2. The van der Waals surface area contributed by atoms with Gasteiger partial charge in [0.25, 0.3) is 5.91 Å². The van der Waals surface area contributed by atoms with Crippen LogP contribution in [0.15, 0.2) is 18.2 Å². The third kappa shape index (κ3) is 3.37. The highest BCUT2D eigenvalue weighted by molar-refractivity contribution is 6.42. The lowest BCUT2D eigenvalue weighted by molar-refractivity contribution is 0.0818. The molecule has 3 nitrogen and oxygen atoms in total. The first-order valence-corrected chi connectivity index (χ1v) is 6.62. The summed E-state index contributed by atoms with van der Waals surface area (Å²) in [6.45, 7) is 3.76. The van der Waals surface area contributed by atoms with Crippen LogP contribution in [0.25, 0.3) is 0 Å². The van der Waals surface area contributed by atoms with Crippen LogP contribution in [0.1, 0.15) is 37.0 Å². The average Bonchev–Trinajstić information content (AvgIpc) is 2.39. The first kappa shape index (κ1) is 15.3. The molecule has 1 aromatic carbocycles. The lowest BCUT2D eigenvalue weighted by Crippen LogP contribution is -2.50. The van der Waals surface area contributed by atoms with Gasteiger partial charge >= 0.3 is 0 Å². The van der Waals surface area contributed by atoms with E-state index in [1.165, 1.54) is 6.07 Å². The largest absolute Gasteiger partial charge is 0.394 e. The van der Waals surface area contributed by atoms with Crippen molar-refractivity contribution >= 4 is 29.1 Å². The van der Waals surface area contributed by atoms with E-state index in [4.69, 9.17) is 23.2 Å². The summed E-state index contributed by atoms with van der Waals surface area (Å²) < 4.78 is 0. The number of rotatable bonds is 5. The molecule has 0 aromatic heterocycles. The van der Waals surface area contributed by atoms with E-state index < -0.39 is 5.54 Å². The summed E-state index contributed by atoms with van der Waals surface area (Å²) in [5.74, 6) is -0.258. The molecule has 0 spiro atoms. The molecule has 0 heterocycles. The van der Waals surface area contributed by atoms with Gasteiger partial charge in [-0.3, -0.25) is 4.79 Å². The molecule has 0 aliphatic rings. The summed E-state index contributed by atoms with van der Waals surface area (Å²) in [4.78, 5) is 12.1. The van der Waals surface area contributed by atoms with Crippen molar-refractivity contribution in [2.75, 3.05) is 6.61 Å². The molecule has 0 aliphatic carbocycles. The molecule has 0 atom stereocenters. The summed E-state index contributed by atoms with van der Waals surface area (Å²) >= 11 is 11.7. The quantitative estimate of drug-likeness (QED) is 0.874. The van der Waals surface area contributed by atoms with Crippen LogP contribution < -0.4 is 5.32 Å². The van der Waals surface area contributed by atoms with Gasteiger partial charge in [-0.25, -0.2) is 0 Å². The van der Waals surface area contributed by atoms with E-state index in [9.17, 15) is 9.90 Å². The summed E-state index contributed by atoms with van der Waals surface area (Å²) in [6.07, 6.45) is 1.32. The smallest absolute Gasteiger partial charge is 0.251 e. The predicted octanol–water partition coefficient (Wildman–Crippen LogP) is 3.27. The summed E-state index contributed by atoms with van der Waals surface area (Å²) in [7, 11) is 0. The molecule has 0 saturated carbocycles. The molecular weight excluding hydrogens is 273 g/mol. The molecule has 100 valence electrons. The molecular formula is C13H17Cl2NO2. The lowest BCUT2D eigenvalue weighted by Gasteiger charge is -2.30. The predicted molar refractivity (Wildman–Crippen MR) is 74.3 cm³/mol. The molecule has 2 N–H and O–H groups in total. The van der Waals surface area contributed by atoms with Crippen molar-refractivity contribution in [1.82, 2.24) is 5.32 Å². The Bertz CT molecular complexity index is 423. The average molecular weight is 290 g/mol. The Morgan fingerprint density at radius 2 is 1.89 bits per heavy atom. The van der Waals surface area contributed by atoms with Gasteiger partial charge in [-0.1, -0.05) is 37.0 Å². The molecule has 18 heavy (non-hydrogen) atoms. The van der Waals surface area contributed by atoms with Crippen molar-refractivity contribution in [3.05, 3.63) is 33.8 Å². The Hall–Kier alpha value is -0.770. The summed E-state index contributed by atoms with van der Waals surface area (Å²) in [5.41, 5.74) is -0.146. The number of carbonyl (C=O) groups is 1. The maximum absolute atomic E-state index is 12.1. The van der Waals surface area contributed by atoms with Gasteiger partial charge in [0.2, 0.25) is 0 Å². The van der Waals surface area contributed by atoms with E-state index in [2.05, 4.69) is 5.32 Å². The van der Waals surface area contributed by atoms with Gasteiger partial charge in [-0.15, -0.1) is 0 Å². The van der Waals surface area contributed by atoms with E-state index in [0.717, 1.165) is 0 Å². The Morgan fingerprint density at radius 3 is 2.33 bits per heavy atom. The fourth-order valence-corrected chi connectivity index (χ4v) is 1.94. The van der Waals surface area contributed by atoms with Gasteiger partial charge in [0.1, 0.15) is 0 Å². The van der Waals surface area contributed by atoms with E-state index in [1.54, 1.807) is 12.1 Å². The number of amides is 1. The van der Waals surface area contributed by atoms with Gasteiger partial charge in [0.05, 0.1) is 22.2 Å². The molecule has 1 amide bonds. The van der Waals surface area contributed by atoms with E-state index in [-0.39, 0.29) is 12.5 Å². The zero-order valence-corrected chi connectivity index (χ0v) is 12.0. The highest BCUT2D eigenvalue weighted by atomic mass is 35.5. The molecule has 5 heteroatoms. The van der Waals surface area contributed by atoms with Crippen molar-refractivity contribution in [1.29, 1.82) is 0 Å². The van der Waals surface area contributed by atoms with Crippen molar-refractivity contribution in [3.8, 4) is 0 Å². The monoisotopic (exact) mass is 289 g/mol. The van der Waals surface area contributed by atoms with Gasteiger partial charge in [0.15, 0.2) is 0 Å². The minimum absolute atomic E-state index is 0.0902. The normalized spacial score (nSPS) is 11.4. The van der Waals surface area contributed by atoms with Gasteiger partial charge < -0.3 is 10.4 Å². The number of hydrogen-bond acceptors (Lipinski definition) is 2. The Labute approximate surface area is 117 Å². The third-order valence-electron chi connectivity index (χ3n) is 3.22. The molecule has 0 fully saturated rings. The highest BCUT2D eigenvalue weighted by Gasteiger charge is 2.27. The van der Waals surface area contributed by atoms with E-state index in [0.29, 0.717) is 28.5 Å². The van der Waals surface area contributed by atoms with Crippen LogP contribution in [0.4, 0.5) is 0 Å². The zero-order valence-electron chi connectivity index (χ0n) is 10.5. The number of nitrogens with one attached hydrogen (secondary N) is 1. The van der Waals surface area contributed by atoms with Crippen molar-refractivity contribution < 1.29 is 9.90 Å². The van der Waals surface area contributed by atoms with Crippen molar-refractivity contribution in [2.24, 2.45) is 0 Å². The molecule has 0 aliphatic heterocycles. The minimum Gasteiger partial charge on any atom is -0.394 e. The van der Waals surface area contributed by atoms with Crippen molar-refractivity contribution in [3.63, 3.8) is 0 Å². The van der Waals surface area contributed by atoms with Crippen LogP contribution in [-0.2, 0) is 0 Å². The van der Waals surface area contributed by atoms with Gasteiger partial charge in [-0.2, -0.15) is 0 Å². The van der Waals surface area contributed by atoms with E-state index >= 15 is 0 Å². The van der Waals surface area contributed by atoms with Crippen LogP contribution in [0.2, 0.25) is 10.0 Å². The number of aliphatic hydroxyl groups is 1. The second-order valence-electron chi connectivity index (χ2n) is 4.23. The standard InChI is InChI=1S/C13H17Cl2NO2/c1-3-13(4-2,8-17)16-12(18)9-5-6-10(14)11(15)7-9/h5-7,17H,3-4,8H2,1-2H3,(H,16,18). The second kappa shape index (κ2) is 6.41. The fraction of sp³-hybridized carbons (Fsp3) is 0.462. The third-order valence-corrected chi connectivity index (χ3v) is 3.96. The highest BCUT2D eigenvalue weighted by Crippen LogP contribution is 2.23. The van der Waals surface area contributed by atoms with E-state index in [1.807, 2.05) is 13.8 Å². The van der Waals surface area contributed by atoms with Gasteiger partial charge in [0, 0.05) is 5.56 Å². The zero-order chi connectivity index (χ0) is 13.8. The van der Waals surface area contributed by atoms with Gasteiger partial charge in [-0.05, 0) is 31.0 Å². The summed E-state index contributed by atoms with van der Waals surface area (Å²) in [6, 6.07) is 4.71. The minimum atomic E-state index is -0.580. The fourth-order valence-electron chi connectivity index (χ4n) is 1.64. The number of hydrogen-bond donors (Lipinski definition) is 2. The van der Waals surface area contributed by atoms with Crippen molar-refractivity contribution in [2.45, 2.75) is 32.2 Å². The Balaban J connectivity index is 2.90. The molecule has 1 aromatic rings. The number of aliphatic hydroxyl groups excluding tert-OH is 1. The van der Waals surface area contributed by atoms with Crippen LogP contribution in [0, 0.1) is 0 Å². The van der Waals surface area contributed by atoms with Crippen LogP contribution in [0.5, 0.6) is 0 Å². The number of benzene rings is 1. The Kier molecular flexibility index (Phi) is 5.45. The molecule has 0 radical (unpaired) electrons. The first-order valence-electron chi connectivity index (χ1n) is 5.86. The Morgan fingerprint density at radius 1 is 1.28 bits per heavy atom. The van der Waals surface area contributed by atoms with Crippen LogP contribution >= 0.6 is 23.2 Å². The van der Waals surface area contributed by atoms with Crippen LogP contribution in [0.3, 0.4) is 0 Å². The van der Waals surface area contributed by atoms with Crippen LogP contribution in [-0.4, -0.2) is 23.2 Å². The molecule has 1 rings (SSSR count). The maximum atomic E-state index is 12.1.